The minimum Gasteiger partial charge on any atom is -0.343 e. The SMILES string of the molecule is CC(=O)N1CCC(Cc2cnc(-c3ccnn3C)cn2)CC1. The molecule has 6 heteroatoms. The largest absolute Gasteiger partial charge is 0.343 e. The van der Waals surface area contributed by atoms with Crippen molar-refractivity contribution >= 4 is 5.91 Å². The Balaban J connectivity index is 1.60. The number of aryl methyl sites for hydroxylation is 1. The third kappa shape index (κ3) is 3.16. The van der Waals surface area contributed by atoms with E-state index in [1.54, 1.807) is 17.8 Å². The van der Waals surface area contributed by atoms with E-state index in [-0.39, 0.29) is 5.91 Å². The topological polar surface area (TPSA) is 63.9 Å². The summed E-state index contributed by atoms with van der Waals surface area (Å²) in [6.07, 6.45) is 8.46. The second-order valence-electron chi connectivity index (χ2n) is 5.89. The summed E-state index contributed by atoms with van der Waals surface area (Å²) >= 11 is 0. The number of hydrogen-bond donors (Lipinski definition) is 0. The van der Waals surface area contributed by atoms with Crippen LogP contribution in [0, 0.1) is 5.92 Å². The van der Waals surface area contributed by atoms with Gasteiger partial charge in [0.1, 0.15) is 5.69 Å². The molecule has 1 aliphatic heterocycles. The van der Waals surface area contributed by atoms with Gasteiger partial charge in [-0.15, -0.1) is 0 Å². The molecule has 0 radical (unpaired) electrons. The molecule has 0 N–H and O–H groups in total. The van der Waals surface area contributed by atoms with Gasteiger partial charge in [-0.25, -0.2) is 0 Å². The first-order valence-electron chi connectivity index (χ1n) is 7.68. The molecule has 3 rings (SSSR count). The zero-order chi connectivity index (χ0) is 15.5. The summed E-state index contributed by atoms with van der Waals surface area (Å²) < 4.78 is 1.79. The monoisotopic (exact) mass is 299 g/mol. The fraction of sp³-hybridized carbons (Fsp3) is 0.500. The van der Waals surface area contributed by atoms with Gasteiger partial charge >= 0.3 is 0 Å². The number of carbonyl (C=O) groups excluding carboxylic acids is 1. The van der Waals surface area contributed by atoms with Crippen molar-refractivity contribution in [1.82, 2.24) is 24.6 Å². The predicted octanol–water partition coefficient (Wildman–Crippen LogP) is 1.68. The second-order valence-corrected chi connectivity index (χ2v) is 5.89. The predicted molar refractivity (Wildman–Crippen MR) is 82.9 cm³/mol. The van der Waals surface area contributed by atoms with Crippen molar-refractivity contribution in [1.29, 1.82) is 0 Å². The van der Waals surface area contributed by atoms with E-state index in [0.29, 0.717) is 5.92 Å². The lowest BCUT2D eigenvalue weighted by atomic mass is 9.92. The van der Waals surface area contributed by atoms with Gasteiger partial charge in [0.2, 0.25) is 5.91 Å². The van der Waals surface area contributed by atoms with Gasteiger partial charge in [0.25, 0.3) is 0 Å². The number of hydrogen-bond acceptors (Lipinski definition) is 4. The van der Waals surface area contributed by atoms with Gasteiger partial charge in [0.05, 0.1) is 17.6 Å². The summed E-state index contributed by atoms with van der Waals surface area (Å²) in [5, 5.41) is 4.15. The Morgan fingerprint density at radius 3 is 2.59 bits per heavy atom. The van der Waals surface area contributed by atoms with Crippen molar-refractivity contribution in [3.8, 4) is 11.4 Å². The van der Waals surface area contributed by atoms with Crippen LogP contribution < -0.4 is 0 Å². The van der Waals surface area contributed by atoms with Crippen molar-refractivity contribution in [3.05, 3.63) is 30.4 Å². The molecule has 0 aromatic carbocycles. The Morgan fingerprint density at radius 1 is 1.27 bits per heavy atom. The quantitative estimate of drug-likeness (QED) is 0.865. The number of aromatic nitrogens is 4. The Kier molecular flexibility index (Phi) is 4.18. The van der Waals surface area contributed by atoms with Crippen LogP contribution in [0.1, 0.15) is 25.5 Å². The van der Waals surface area contributed by atoms with E-state index in [4.69, 9.17) is 0 Å². The molecule has 3 heterocycles. The van der Waals surface area contributed by atoms with E-state index in [1.807, 2.05) is 30.4 Å². The van der Waals surface area contributed by atoms with Crippen LogP contribution in [0.5, 0.6) is 0 Å². The molecular formula is C16H21N5O. The summed E-state index contributed by atoms with van der Waals surface area (Å²) in [6.45, 7) is 3.37. The van der Waals surface area contributed by atoms with Crippen LogP contribution >= 0.6 is 0 Å². The highest BCUT2D eigenvalue weighted by atomic mass is 16.2. The first-order valence-corrected chi connectivity index (χ1v) is 7.68. The van der Waals surface area contributed by atoms with E-state index < -0.39 is 0 Å². The first-order chi connectivity index (χ1) is 10.6. The number of nitrogens with zero attached hydrogens (tertiary/aromatic N) is 5. The molecule has 1 amide bonds. The van der Waals surface area contributed by atoms with Crippen molar-refractivity contribution < 1.29 is 4.79 Å². The molecule has 0 unspecified atom stereocenters. The Labute approximate surface area is 130 Å². The fourth-order valence-corrected chi connectivity index (χ4v) is 2.97. The standard InChI is InChI=1S/C16H21N5O/c1-12(22)21-7-4-13(5-8-21)9-14-10-18-15(11-17-14)16-3-6-19-20(16)2/h3,6,10-11,13H,4-5,7-9H2,1-2H3. The van der Waals surface area contributed by atoms with Crippen LogP contribution in [-0.2, 0) is 18.3 Å². The minimum atomic E-state index is 0.179. The maximum absolute atomic E-state index is 11.3. The second kappa shape index (κ2) is 6.25. The van der Waals surface area contributed by atoms with Crippen LogP contribution in [0.4, 0.5) is 0 Å². The van der Waals surface area contributed by atoms with E-state index in [9.17, 15) is 4.79 Å². The number of piperidine rings is 1. The number of amides is 1. The Bertz CT molecular complexity index is 641. The van der Waals surface area contributed by atoms with E-state index >= 15 is 0 Å². The zero-order valence-electron chi connectivity index (χ0n) is 13.1. The van der Waals surface area contributed by atoms with Crippen molar-refractivity contribution in [2.24, 2.45) is 13.0 Å². The minimum absolute atomic E-state index is 0.179. The van der Waals surface area contributed by atoms with Crippen molar-refractivity contribution in [2.45, 2.75) is 26.2 Å². The highest BCUT2D eigenvalue weighted by molar-refractivity contribution is 5.73. The molecule has 22 heavy (non-hydrogen) atoms. The van der Waals surface area contributed by atoms with Crippen molar-refractivity contribution in [3.63, 3.8) is 0 Å². The maximum atomic E-state index is 11.3. The van der Waals surface area contributed by atoms with Crippen LogP contribution in [0.15, 0.2) is 24.7 Å². The van der Waals surface area contributed by atoms with Gasteiger partial charge in [-0.2, -0.15) is 5.10 Å². The molecule has 116 valence electrons. The summed E-state index contributed by atoms with van der Waals surface area (Å²) in [4.78, 5) is 22.3. The number of carbonyl (C=O) groups is 1. The molecule has 1 aliphatic rings. The van der Waals surface area contributed by atoms with Gasteiger partial charge in [0.15, 0.2) is 0 Å². The summed E-state index contributed by atoms with van der Waals surface area (Å²) in [5.41, 5.74) is 2.83. The highest BCUT2D eigenvalue weighted by Gasteiger charge is 2.21. The van der Waals surface area contributed by atoms with E-state index in [1.165, 1.54) is 0 Å². The maximum Gasteiger partial charge on any atom is 0.219 e. The molecule has 2 aromatic rings. The van der Waals surface area contributed by atoms with Gasteiger partial charge in [-0.05, 0) is 31.2 Å². The molecule has 0 aliphatic carbocycles. The van der Waals surface area contributed by atoms with Crippen LogP contribution in [-0.4, -0.2) is 43.6 Å². The first kappa shape index (κ1) is 14.7. The third-order valence-corrected chi connectivity index (χ3v) is 4.35. The molecule has 1 fully saturated rings. The fourth-order valence-electron chi connectivity index (χ4n) is 2.97. The molecule has 6 nitrogen and oxygen atoms in total. The lowest BCUT2D eigenvalue weighted by molar-refractivity contribution is -0.130. The number of rotatable bonds is 3. The highest BCUT2D eigenvalue weighted by Crippen LogP contribution is 2.21. The average Bonchev–Trinajstić information content (AvgIpc) is 2.95. The van der Waals surface area contributed by atoms with Crippen LogP contribution in [0.25, 0.3) is 11.4 Å². The Hall–Kier alpha value is -2.24. The van der Waals surface area contributed by atoms with Crippen LogP contribution in [0.2, 0.25) is 0 Å². The lowest BCUT2D eigenvalue weighted by Gasteiger charge is -2.31. The van der Waals surface area contributed by atoms with E-state index in [2.05, 4.69) is 15.1 Å². The van der Waals surface area contributed by atoms with Crippen LogP contribution in [0.3, 0.4) is 0 Å². The molecule has 0 bridgehead atoms. The Morgan fingerprint density at radius 2 is 2.05 bits per heavy atom. The summed E-state index contributed by atoms with van der Waals surface area (Å²) in [5.74, 6) is 0.770. The van der Waals surface area contributed by atoms with Gasteiger partial charge < -0.3 is 4.90 Å². The van der Waals surface area contributed by atoms with Gasteiger partial charge in [-0.1, -0.05) is 0 Å². The zero-order valence-corrected chi connectivity index (χ0v) is 13.1. The smallest absolute Gasteiger partial charge is 0.219 e. The normalized spacial score (nSPS) is 16.0. The lowest BCUT2D eigenvalue weighted by Crippen LogP contribution is -2.37. The van der Waals surface area contributed by atoms with Gasteiger partial charge in [-0.3, -0.25) is 19.4 Å². The van der Waals surface area contributed by atoms with E-state index in [0.717, 1.165) is 49.4 Å². The summed E-state index contributed by atoms with van der Waals surface area (Å²) in [7, 11) is 1.90. The summed E-state index contributed by atoms with van der Waals surface area (Å²) in [6, 6.07) is 1.93. The molecule has 0 spiro atoms. The average molecular weight is 299 g/mol. The van der Waals surface area contributed by atoms with Gasteiger partial charge in [0, 0.05) is 39.5 Å². The number of likely N-dealkylation sites (tertiary alicyclic amines) is 1. The molecule has 0 atom stereocenters. The molecule has 2 aromatic heterocycles. The third-order valence-electron chi connectivity index (χ3n) is 4.35. The molecular weight excluding hydrogens is 278 g/mol. The van der Waals surface area contributed by atoms with Crippen molar-refractivity contribution in [2.75, 3.05) is 13.1 Å². The molecule has 1 saturated heterocycles. The molecule has 0 saturated carbocycles.